The second-order valence-electron chi connectivity index (χ2n) is 6.14. The average Bonchev–Trinajstić information content (AvgIpc) is 2.66. The van der Waals surface area contributed by atoms with Crippen molar-refractivity contribution in [3.63, 3.8) is 0 Å². The monoisotopic (exact) mass is 479 g/mol. The first kappa shape index (κ1) is 20.9. The van der Waals surface area contributed by atoms with Crippen LogP contribution in [0.4, 0.5) is 10.1 Å². The highest BCUT2D eigenvalue weighted by atomic mass is 79.9. The number of amides is 1. The predicted molar refractivity (Wildman–Crippen MR) is 108 cm³/mol. The number of nitrogens with zero attached hydrogens (tertiary/aromatic N) is 2. The van der Waals surface area contributed by atoms with Gasteiger partial charge in [-0.05, 0) is 55.0 Å². The third-order valence-electron chi connectivity index (χ3n) is 3.96. The first-order chi connectivity index (χ1) is 13.7. The van der Waals surface area contributed by atoms with E-state index in [2.05, 4.69) is 26.3 Å². The zero-order valence-corrected chi connectivity index (χ0v) is 17.5. The number of rotatable bonds is 5. The maximum absolute atomic E-state index is 13.4. The summed E-state index contributed by atoms with van der Waals surface area (Å²) in [5, 5.41) is 5.95. The van der Waals surface area contributed by atoms with Gasteiger partial charge in [0.05, 0.1) is 4.90 Å². The van der Waals surface area contributed by atoms with E-state index in [4.69, 9.17) is 0 Å². The van der Waals surface area contributed by atoms with Gasteiger partial charge in [-0.1, -0.05) is 22.0 Å². The van der Waals surface area contributed by atoms with Crippen molar-refractivity contribution < 1.29 is 17.6 Å². The van der Waals surface area contributed by atoms with Crippen molar-refractivity contribution in [2.24, 2.45) is 0 Å². The van der Waals surface area contributed by atoms with Gasteiger partial charge in [-0.25, -0.2) is 17.5 Å². The lowest BCUT2D eigenvalue weighted by Crippen LogP contribution is -2.30. The summed E-state index contributed by atoms with van der Waals surface area (Å²) in [6.45, 7) is 1.37. The molecule has 0 aliphatic carbocycles. The summed E-state index contributed by atoms with van der Waals surface area (Å²) >= 11 is 3.36. The van der Waals surface area contributed by atoms with Gasteiger partial charge in [0.1, 0.15) is 12.4 Å². The molecule has 150 valence electrons. The fraction of sp³-hybridized carbons (Fsp3) is 0.105. The van der Waals surface area contributed by atoms with Crippen LogP contribution in [0, 0.1) is 12.7 Å². The van der Waals surface area contributed by atoms with Gasteiger partial charge in [0.15, 0.2) is 5.03 Å². The molecular weight excluding hydrogens is 465 g/mol. The van der Waals surface area contributed by atoms with Gasteiger partial charge in [0, 0.05) is 16.2 Å². The lowest BCUT2D eigenvalue weighted by atomic mass is 10.2. The van der Waals surface area contributed by atoms with Crippen LogP contribution >= 0.6 is 15.9 Å². The Morgan fingerprint density at radius 1 is 1.17 bits per heavy atom. The number of anilines is 1. The van der Waals surface area contributed by atoms with Crippen LogP contribution in [0.5, 0.6) is 0 Å². The molecule has 0 aliphatic rings. The van der Waals surface area contributed by atoms with Crippen molar-refractivity contribution in [1.82, 2.24) is 9.78 Å². The third-order valence-corrected chi connectivity index (χ3v) is 6.49. The van der Waals surface area contributed by atoms with Crippen LogP contribution in [0.3, 0.4) is 0 Å². The van der Waals surface area contributed by atoms with Gasteiger partial charge in [0.2, 0.25) is 15.7 Å². The molecule has 7 nitrogen and oxygen atoms in total. The van der Waals surface area contributed by atoms with E-state index >= 15 is 0 Å². The molecule has 1 amide bonds. The molecule has 10 heteroatoms. The lowest BCUT2D eigenvalue weighted by molar-refractivity contribution is -0.117. The summed E-state index contributed by atoms with van der Waals surface area (Å²) in [6.07, 6.45) is 0. The Labute approximate surface area is 174 Å². The van der Waals surface area contributed by atoms with Crippen molar-refractivity contribution in [1.29, 1.82) is 0 Å². The Bertz CT molecular complexity index is 1260. The minimum atomic E-state index is -4.15. The summed E-state index contributed by atoms with van der Waals surface area (Å²) < 4.78 is 40.3. The van der Waals surface area contributed by atoms with Crippen molar-refractivity contribution >= 4 is 37.4 Å². The van der Waals surface area contributed by atoms with Gasteiger partial charge in [-0.2, -0.15) is 5.10 Å². The fourth-order valence-corrected chi connectivity index (χ4v) is 3.97. The molecule has 0 radical (unpaired) electrons. The highest BCUT2D eigenvalue weighted by Gasteiger charge is 2.21. The molecule has 1 aromatic heterocycles. The first-order valence-electron chi connectivity index (χ1n) is 8.31. The minimum Gasteiger partial charge on any atom is -0.324 e. The van der Waals surface area contributed by atoms with E-state index in [0.717, 1.165) is 39.0 Å². The van der Waals surface area contributed by atoms with E-state index in [-0.39, 0.29) is 4.90 Å². The van der Waals surface area contributed by atoms with Crippen molar-refractivity contribution in [2.75, 3.05) is 5.32 Å². The number of hydrogen-bond donors (Lipinski definition) is 1. The van der Waals surface area contributed by atoms with Crippen LogP contribution in [-0.4, -0.2) is 24.1 Å². The maximum atomic E-state index is 13.4. The quantitative estimate of drug-likeness (QED) is 0.606. The van der Waals surface area contributed by atoms with E-state index in [1.165, 1.54) is 12.1 Å². The van der Waals surface area contributed by atoms with Gasteiger partial charge in [-0.3, -0.25) is 9.59 Å². The molecule has 29 heavy (non-hydrogen) atoms. The molecule has 2 aromatic carbocycles. The van der Waals surface area contributed by atoms with Gasteiger partial charge in [0.25, 0.3) is 5.56 Å². The van der Waals surface area contributed by atoms with E-state index in [1.54, 1.807) is 18.2 Å². The van der Waals surface area contributed by atoms with Crippen molar-refractivity contribution in [3.8, 4) is 0 Å². The molecule has 0 saturated carbocycles. The Kier molecular flexibility index (Phi) is 5.94. The molecule has 0 spiro atoms. The van der Waals surface area contributed by atoms with Gasteiger partial charge < -0.3 is 5.32 Å². The number of carbonyl (C=O) groups excluding carboxylic acids is 1. The van der Waals surface area contributed by atoms with E-state index < -0.39 is 38.7 Å². The molecule has 1 heterocycles. The Hall–Kier alpha value is -2.85. The number of carbonyl (C=O) groups is 1. The number of hydrogen-bond acceptors (Lipinski definition) is 5. The molecule has 0 bridgehead atoms. The van der Waals surface area contributed by atoms with Crippen molar-refractivity contribution in [3.05, 3.63) is 80.8 Å². The number of aryl methyl sites for hydroxylation is 1. The van der Waals surface area contributed by atoms with Gasteiger partial charge in [-0.15, -0.1) is 0 Å². The number of nitrogens with one attached hydrogen (secondary N) is 1. The lowest BCUT2D eigenvalue weighted by Gasteiger charge is -2.10. The zero-order valence-electron chi connectivity index (χ0n) is 15.1. The Morgan fingerprint density at radius 2 is 1.93 bits per heavy atom. The molecular formula is C19H15BrFN3O4S. The Balaban J connectivity index is 1.86. The zero-order chi connectivity index (χ0) is 21.2. The number of benzene rings is 2. The summed E-state index contributed by atoms with van der Waals surface area (Å²) in [5.41, 5.74) is 0.777. The second-order valence-corrected chi connectivity index (χ2v) is 8.89. The topological polar surface area (TPSA) is 98.1 Å². The number of aromatic nitrogens is 2. The van der Waals surface area contributed by atoms with Crippen LogP contribution in [0.15, 0.2) is 73.8 Å². The summed E-state index contributed by atoms with van der Waals surface area (Å²) in [7, 11) is -4.15. The summed E-state index contributed by atoms with van der Waals surface area (Å²) in [6, 6.07) is 11.6. The molecule has 3 rings (SSSR count). The normalized spacial score (nSPS) is 11.3. The summed E-state index contributed by atoms with van der Waals surface area (Å²) in [4.78, 5) is 24.0. The predicted octanol–water partition coefficient (Wildman–Crippen LogP) is 2.92. The van der Waals surface area contributed by atoms with Gasteiger partial charge >= 0.3 is 0 Å². The summed E-state index contributed by atoms with van der Waals surface area (Å²) in [5.74, 6) is -1.27. The Morgan fingerprint density at radius 3 is 2.62 bits per heavy atom. The average molecular weight is 480 g/mol. The molecule has 0 atom stereocenters. The maximum Gasteiger partial charge on any atom is 0.267 e. The number of sulfone groups is 1. The molecule has 0 saturated heterocycles. The molecule has 3 aromatic rings. The minimum absolute atomic E-state index is 0.301. The SMILES string of the molecule is Cc1cc(NC(=O)Cn2nc(S(=O)(=O)c3cccc(F)c3)ccc2=O)ccc1Br. The third kappa shape index (κ3) is 4.77. The van der Waals surface area contributed by atoms with Crippen LogP contribution in [0.1, 0.15) is 5.56 Å². The largest absolute Gasteiger partial charge is 0.324 e. The van der Waals surface area contributed by atoms with E-state index in [0.29, 0.717) is 5.69 Å². The molecule has 1 N–H and O–H groups in total. The number of halogens is 2. The molecule has 0 fully saturated rings. The highest BCUT2D eigenvalue weighted by molar-refractivity contribution is 9.10. The molecule has 0 aliphatic heterocycles. The second kappa shape index (κ2) is 8.26. The fourth-order valence-electron chi connectivity index (χ4n) is 2.50. The van der Waals surface area contributed by atoms with Crippen molar-refractivity contribution in [2.45, 2.75) is 23.4 Å². The van der Waals surface area contributed by atoms with Crippen LogP contribution in [-0.2, 0) is 21.2 Å². The van der Waals surface area contributed by atoms with Crippen LogP contribution < -0.4 is 10.9 Å². The molecule has 0 unspecified atom stereocenters. The van der Waals surface area contributed by atoms with E-state index in [1.807, 2.05) is 6.92 Å². The smallest absolute Gasteiger partial charge is 0.267 e. The standard InChI is InChI=1S/C19H15BrFN3O4S/c1-12-9-14(5-6-16(12)20)22-17(25)11-24-19(26)8-7-18(23-24)29(27,28)15-4-2-3-13(21)10-15/h2-10H,11H2,1H3,(H,22,25). The van der Waals surface area contributed by atoms with E-state index in [9.17, 15) is 22.4 Å². The first-order valence-corrected chi connectivity index (χ1v) is 10.6. The van der Waals surface area contributed by atoms with Crippen LogP contribution in [0.2, 0.25) is 0 Å². The van der Waals surface area contributed by atoms with Crippen LogP contribution in [0.25, 0.3) is 0 Å². The highest BCUT2D eigenvalue weighted by Crippen LogP contribution is 2.20.